The van der Waals surface area contributed by atoms with Crippen LogP contribution < -0.4 is 16.0 Å². The van der Waals surface area contributed by atoms with Crippen LogP contribution in [0.15, 0.2) is 53.5 Å². The van der Waals surface area contributed by atoms with Gasteiger partial charge in [0.25, 0.3) is 0 Å². The Morgan fingerprint density at radius 2 is 1.90 bits per heavy atom. The number of amides is 1. The SMILES string of the molecule is CN=C(NCc1ccc(NC(=O)OC)cc1)NCC1(c2cccc(F)c2)CC1.I. The molecule has 1 aliphatic rings. The van der Waals surface area contributed by atoms with Crippen molar-refractivity contribution < 1.29 is 13.9 Å². The van der Waals surface area contributed by atoms with Gasteiger partial charge >= 0.3 is 6.09 Å². The molecule has 0 bridgehead atoms. The lowest BCUT2D eigenvalue weighted by Gasteiger charge is -2.19. The minimum Gasteiger partial charge on any atom is -0.453 e. The van der Waals surface area contributed by atoms with Crippen LogP contribution in [0.2, 0.25) is 0 Å². The number of ether oxygens (including phenoxy) is 1. The summed E-state index contributed by atoms with van der Waals surface area (Å²) in [5.74, 6) is 0.496. The summed E-state index contributed by atoms with van der Waals surface area (Å²) >= 11 is 0. The van der Waals surface area contributed by atoms with Crippen LogP contribution >= 0.6 is 24.0 Å². The number of nitrogens with one attached hydrogen (secondary N) is 3. The smallest absolute Gasteiger partial charge is 0.411 e. The highest BCUT2D eigenvalue weighted by atomic mass is 127. The summed E-state index contributed by atoms with van der Waals surface area (Å²) in [6.45, 7) is 1.29. The maximum absolute atomic E-state index is 13.5. The van der Waals surface area contributed by atoms with E-state index in [1.54, 1.807) is 19.2 Å². The molecule has 0 heterocycles. The van der Waals surface area contributed by atoms with Crippen molar-refractivity contribution in [2.75, 3.05) is 26.0 Å². The average molecular weight is 512 g/mol. The lowest BCUT2D eigenvalue weighted by atomic mass is 9.96. The van der Waals surface area contributed by atoms with Gasteiger partial charge in [0, 0.05) is 31.2 Å². The first-order chi connectivity index (χ1) is 13.5. The first kappa shape index (κ1) is 22.9. The van der Waals surface area contributed by atoms with Crippen LogP contribution in [0.1, 0.15) is 24.0 Å². The van der Waals surface area contributed by atoms with E-state index in [0.717, 1.165) is 24.0 Å². The molecular weight excluding hydrogens is 486 g/mol. The summed E-state index contributed by atoms with van der Waals surface area (Å²) in [5, 5.41) is 9.24. The minimum absolute atomic E-state index is 0. The van der Waals surface area contributed by atoms with Crippen molar-refractivity contribution >= 4 is 41.7 Å². The first-order valence-electron chi connectivity index (χ1n) is 9.19. The van der Waals surface area contributed by atoms with Crippen molar-refractivity contribution in [2.45, 2.75) is 24.8 Å². The quantitative estimate of drug-likeness (QED) is 0.311. The van der Waals surface area contributed by atoms with Crippen molar-refractivity contribution in [3.8, 4) is 0 Å². The number of carbonyl (C=O) groups excluding carboxylic acids is 1. The molecule has 8 heteroatoms. The fraction of sp³-hybridized carbons (Fsp3) is 0.333. The Hall–Kier alpha value is -2.36. The van der Waals surface area contributed by atoms with E-state index < -0.39 is 6.09 Å². The average Bonchev–Trinajstić information content (AvgIpc) is 3.50. The highest BCUT2D eigenvalue weighted by Gasteiger charge is 2.44. The summed E-state index contributed by atoms with van der Waals surface area (Å²) < 4.78 is 18.1. The second kappa shape index (κ2) is 10.4. The predicted molar refractivity (Wildman–Crippen MR) is 123 cm³/mol. The molecule has 6 nitrogen and oxygen atoms in total. The van der Waals surface area contributed by atoms with Crippen molar-refractivity contribution in [1.29, 1.82) is 0 Å². The van der Waals surface area contributed by atoms with Crippen LogP contribution in [-0.4, -0.2) is 32.8 Å². The number of guanidine groups is 1. The Labute approximate surface area is 187 Å². The molecule has 1 fully saturated rings. The summed E-state index contributed by atoms with van der Waals surface area (Å²) in [5.41, 5.74) is 2.73. The fourth-order valence-electron chi connectivity index (χ4n) is 3.07. The van der Waals surface area contributed by atoms with Gasteiger partial charge in [-0.2, -0.15) is 0 Å². The van der Waals surface area contributed by atoms with E-state index in [1.807, 2.05) is 30.3 Å². The van der Waals surface area contributed by atoms with Crippen LogP contribution in [0.25, 0.3) is 0 Å². The molecule has 1 amide bonds. The van der Waals surface area contributed by atoms with Crippen LogP contribution in [0.3, 0.4) is 0 Å². The van der Waals surface area contributed by atoms with Crippen molar-refractivity contribution in [3.05, 3.63) is 65.5 Å². The van der Waals surface area contributed by atoms with Gasteiger partial charge in [0.2, 0.25) is 0 Å². The van der Waals surface area contributed by atoms with E-state index >= 15 is 0 Å². The van der Waals surface area contributed by atoms with Crippen LogP contribution in [0.4, 0.5) is 14.9 Å². The highest BCUT2D eigenvalue weighted by molar-refractivity contribution is 14.0. The Balaban J connectivity index is 0.00000300. The second-order valence-electron chi connectivity index (χ2n) is 6.88. The van der Waals surface area contributed by atoms with Crippen molar-refractivity contribution in [2.24, 2.45) is 4.99 Å². The maximum atomic E-state index is 13.5. The number of carbonyl (C=O) groups is 1. The molecule has 0 aliphatic heterocycles. The molecular formula is C21H26FIN4O2. The molecule has 2 aromatic carbocycles. The lowest BCUT2D eigenvalue weighted by molar-refractivity contribution is 0.187. The molecule has 29 heavy (non-hydrogen) atoms. The molecule has 0 aromatic heterocycles. The molecule has 0 radical (unpaired) electrons. The van der Waals surface area contributed by atoms with E-state index in [2.05, 4.69) is 25.7 Å². The molecule has 0 atom stereocenters. The zero-order valence-electron chi connectivity index (χ0n) is 16.5. The normalized spacial score (nSPS) is 14.4. The third-order valence-electron chi connectivity index (χ3n) is 4.95. The molecule has 0 unspecified atom stereocenters. The number of hydrogen-bond acceptors (Lipinski definition) is 3. The second-order valence-corrected chi connectivity index (χ2v) is 6.88. The van der Waals surface area contributed by atoms with Gasteiger partial charge in [-0.3, -0.25) is 10.3 Å². The first-order valence-corrected chi connectivity index (χ1v) is 9.19. The Kier molecular flexibility index (Phi) is 8.24. The number of nitrogens with zero attached hydrogens (tertiary/aromatic N) is 1. The van der Waals surface area contributed by atoms with Gasteiger partial charge in [0.05, 0.1) is 7.11 Å². The number of hydrogen-bond donors (Lipinski definition) is 3. The topological polar surface area (TPSA) is 74.8 Å². The molecule has 0 spiro atoms. The van der Waals surface area contributed by atoms with Gasteiger partial charge in [-0.05, 0) is 48.2 Å². The van der Waals surface area contributed by atoms with Crippen molar-refractivity contribution in [1.82, 2.24) is 10.6 Å². The van der Waals surface area contributed by atoms with Gasteiger partial charge in [-0.25, -0.2) is 9.18 Å². The molecule has 2 aromatic rings. The standard InChI is InChI=1S/C21H25FN4O2.HI/c1-23-19(24-13-15-6-8-18(9-7-15)26-20(27)28-2)25-14-21(10-11-21)16-4-3-5-17(22)12-16;/h3-9,12H,10-11,13-14H2,1-2H3,(H,26,27)(H2,23,24,25);1H. The number of aliphatic imine (C=N–C) groups is 1. The van der Waals surface area contributed by atoms with Crippen LogP contribution in [-0.2, 0) is 16.7 Å². The van der Waals surface area contributed by atoms with Crippen LogP contribution in [0, 0.1) is 5.82 Å². The molecule has 156 valence electrons. The van der Waals surface area contributed by atoms with Crippen LogP contribution in [0.5, 0.6) is 0 Å². The number of anilines is 1. The summed E-state index contributed by atoms with van der Waals surface area (Å²) in [4.78, 5) is 15.5. The van der Waals surface area contributed by atoms with E-state index in [0.29, 0.717) is 24.7 Å². The lowest BCUT2D eigenvalue weighted by Crippen LogP contribution is -2.40. The number of rotatable bonds is 6. The number of halogens is 2. The third kappa shape index (κ3) is 6.31. The maximum Gasteiger partial charge on any atom is 0.411 e. The Bertz CT molecular complexity index is 854. The summed E-state index contributed by atoms with van der Waals surface area (Å²) in [6.07, 6.45) is 1.58. The molecule has 3 rings (SSSR count). The third-order valence-corrected chi connectivity index (χ3v) is 4.95. The van der Waals surface area contributed by atoms with E-state index in [9.17, 15) is 9.18 Å². The van der Waals surface area contributed by atoms with Crippen molar-refractivity contribution in [3.63, 3.8) is 0 Å². The molecule has 1 saturated carbocycles. The summed E-state index contributed by atoms with van der Waals surface area (Å²) in [7, 11) is 3.05. The van der Waals surface area contributed by atoms with E-state index in [1.165, 1.54) is 13.2 Å². The molecule has 0 saturated heterocycles. The van der Waals surface area contributed by atoms with Gasteiger partial charge in [0.1, 0.15) is 5.82 Å². The van der Waals surface area contributed by atoms with E-state index in [-0.39, 0.29) is 35.2 Å². The largest absolute Gasteiger partial charge is 0.453 e. The van der Waals surface area contributed by atoms with Gasteiger partial charge in [-0.15, -0.1) is 24.0 Å². The molecule has 3 N–H and O–H groups in total. The highest BCUT2D eigenvalue weighted by Crippen LogP contribution is 2.47. The predicted octanol–water partition coefficient (Wildman–Crippen LogP) is 4.02. The Morgan fingerprint density at radius 1 is 1.17 bits per heavy atom. The van der Waals surface area contributed by atoms with Gasteiger partial charge in [0.15, 0.2) is 5.96 Å². The Morgan fingerprint density at radius 3 is 2.48 bits per heavy atom. The number of methoxy groups -OCH3 is 1. The summed E-state index contributed by atoms with van der Waals surface area (Å²) in [6, 6.07) is 14.3. The fourth-order valence-corrected chi connectivity index (χ4v) is 3.07. The van der Waals surface area contributed by atoms with Gasteiger partial charge in [-0.1, -0.05) is 24.3 Å². The zero-order valence-corrected chi connectivity index (χ0v) is 18.8. The monoisotopic (exact) mass is 512 g/mol. The van der Waals surface area contributed by atoms with E-state index in [4.69, 9.17) is 0 Å². The zero-order chi connectivity index (χ0) is 20.0. The van der Waals surface area contributed by atoms with Gasteiger partial charge < -0.3 is 15.4 Å². The number of benzene rings is 2. The molecule has 1 aliphatic carbocycles. The minimum atomic E-state index is -0.497.